The third kappa shape index (κ3) is 4.41. The van der Waals surface area contributed by atoms with Gasteiger partial charge in [0.25, 0.3) is 0 Å². The normalized spacial score (nSPS) is 10.1. The van der Waals surface area contributed by atoms with Crippen molar-refractivity contribution in [1.82, 2.24) is 0 Å². The van der Waals surface area contributed by atoms with Gasteiger partial charge in [-0.25, -0.2) is 8.42 Å². The van der Waals surface area contributed by atoms with Gasteiger partial charge in [0.05, 0.1) is 0 Å². The molecule has 1 rings (SSSR count). The summed E-state index contributed by atoms with van der Waals surface area (Å²) in [6.07, 6.45) is 0. The van der Waals surface area contributed by atoms with Gasteiger partial charge in [0.15, 0.2) is 10.3 Å². The van der Waals surface area contributed by atoms with Crippen molar-refractivity contribution in [3.05, 3.63) is 30.3 Å². The molecule has 1 N–H and O–H groups in total. The Hall–Kier alpha value is -0.473. The maximum atomic E-state index is 10.1. The second kappa shape index (κ2) is 4.53. The van der Waals surface area contributed by atoms with Gasteiger partial charge in [0, 0.05) is 5.69 Å². The molecule has 1 aromatic rings. The van der Waals surface area contributed by atoms with E-state index >= 15 is 0 Å². The summed E-state index contributed by atoms with van der Waals surface area (Å²) < 4.78 is 32.2. The van der Waals surface area contributed by atoms with Gasteiger partial charge in [-0.15, -0.1) is 0 Å². The molecule has 6 heteroatoms. The monoisotopic (exact) mass is 179 g/mol. The number of hydrogen-bond acceptors (Lipinski definition) is 3. The van der Waals surface area contributed by atoms with Crippen molar-refractivity contribution in [3.63, 3.8) is 0 Å². The topological polar surface area (TPSA) is 69.2 Å². The van der Waals surface area contributed by atoms with E-state index in [0.29, 0.717) is 0 Å². The molecule has 1 aromatic carbocycles. The zero-order chi connectivity index (χ0) is 8.32. The SMILES string of the molecule is O=S(=O)([O-])Nc1ccccc1.[Li+]. The molecule has 0 amide bonds. The Morgan fingerprint density at radius 2 is 1.67 bits per heavy atom. The van der Waals surface area contributed by atoms with Crippen molar-refractivity contribution in [2.45, 2.75) is 0 Å². The van der Waals surface area contributed by atoms with Gasteiger partial charge < -0.3 is 4.55 Å². The van der Waals surface area contributed by atoms with Gasteiger partial charge >= 0.3 is 18.9 Å². The van der Waals surface area contributed by atoms with Crippen LogP contribution in [-0.4, -0.2) is 13.0 Å². The Labute approximate surface area is 83.0 Å². The number of para-hydroxylation sites is 1. The summed E-state index contributed by atoms with van der Waals surface area (Å²) in [5.74, 6) is 0. The molecule has 0 saturated heterocycles. The minimum Gasteiger partial charge on any atom is -0.731 e. The minimum absolute atomic E-state index is 0. The fourth-order valence-electron chi connectivity index (χ4n) is 0.651. The number of nitrogens with one attached hydrogen (secondary N) is 1. The van der Waals surface area contributed by atoms with Crippen LogP contribution in [0.4, 0.5) is 5.69 Å². The molecule has 0 atom stereocenters. The van der Waals surface area contributed by atoms with Crippen LogP contribution in [0.5, 0.6) is 0 Å². The Balaban J connectivity index is 0.00000121. The van der Waals surface area contributed by atoms with Crippen molar-refractivity contribution >= 4 is 16.0 Å². The number of rotatable bonds is 2. The Kier molecular flexibility index (Phi) is 4.35. The number of benzene rings is 1. The molecule has 60 valence electrons. The zero-order valence-corrected chi connectivity index (χ0v) is 7.34. The maximum Gasteiger partial charge on any atom is 1.00 e. The molecular weight excluding hydrogens is 173 g/mol. The van der Waals surface area contributed by atoms with E-state index in [4.69, 9.17) is 0 Å². The molecule has 4 nitrogen and oxygen atoms in total. The van der Waals surface area contributed by atoms with Crippen LogP contribution >= 0.6 is 0 Å². The molecule has 12 heavy (non-hydrogen) atoms. The first kappa shape index (κ1) is 11.5. The second-order valence-electron chi connectivity index (χ2n) is 1.92. The van der Waals surface area contributed by atoms with E-state index in [-0.39, 0.29) is 24.5 Å². The summed E-state index contributed by atoms with van der Waals surface area (Å²) in [6.45, 7) is 0. The van der Waals surface area contributed by atoms with E-state index in [0.717, 1.165) is 0 Å². The molecule has 0 aliphatic rings. The summed E-state index contributed by atoms with van der Waals surface area (Å²) in [7, 11) is -4.38. The van der Waals surface area contributed by atoms with Crippen molar-refractivity contribution in [2.75, 3.05) is 4.72 Å². The largest absolute Gasteiger partial charge is 1.00 e. The minimum atomic E-state index is -4.38. The Morgan fingerprint density at radius 3 is 2.08 bits per heavy atom. The third-order valence-corrected chi connectivity index (χ3v) is 1.50. The van der Waals surface area contributed by atoms with Gasteiger partial charge in [0.2, 0.25) is 0 Å². The number of anilines is 1. The zero-order valence-electron chi connectivity index (χ0n) is 6.52. The predicted octanol–water partition coefficient (Wildman–Crippen LogP) is -2.44. The molecule has 0 spiro atoms. The first-order valence-electron chi connectivity index (χ1n) is 2.86. The van der Waals surface area contributed by atoms with Gasteiger partial charge in [-0.3, -0.25) is 4.72 Å². The van der Waals surface area contributed by atoms with Crippen LogP contribution in [0, 0.1) is 0 Å². The van der Waals surface area contributed by atoms with Crippen LogP contribution in [0.3, 0.4) is 0 Å². The standard InChI is InChI=1S/C6H7NO3S.Li/c8-11(9,10)7-6-4-2-1-3-5-6;/h1-5,7H,(H,8,9,10);/q;+1/p-1. The van der Waals surface area contributed by atoms with E-state index in [1.165, 1.54) is 12.1 Å². The van der Waals surface area contributed by atoms with E-state index in [1.54, 1.807) is 22.9 Å². The first-order valence-corrected chi connectivity index (χ1v) is 4.27. The van der Waals surface area contributed by atoms with Crippen molar-refractivity contribution in [3.8, 4) is 0 Å². The molecular formula is C6H6LiNO3S. The van der Waals surface area contributed by atoms with Crippen LogP contribution in [0.2, 0.25) is 0 Å². The average molecular weight is 179 g/mol. The number of hydrogen-bond donors (Lipinski definition) is 1. The fraction of sp³-hybridized carbons (Fsp3) is 0. The van der Waals surface area contributed by atoms with Gasteiger partial charge in [0.1, 0.15) is 0 Å². The van der Waals surface area contributed by atoms with Crippen LogP contribution in [0.25, 0.3) is 0 Å². The Morgan fingerprint density at radius 1 is 1.17 bits per heavy atom. The molecule has 0 fully saturated rings. The average Bonchev–Trinajstić information content (AvgIpc) is 1.85. The summed E-state index contributed by atoms with van der Waals surface area (Å²) in [5.41, 5.74) is 0.280. The van der Waals surface area contributed by atoms with Gasteiger partial charge in [-0.1, -0.05) is 18.2 Å². The third-order valence-electron chi connectivity index (χ3n) is 1.02. The quantitative estimate of drug-likeness (QED) is 0.405. The van der Waals surface area contributed by atoms with Crippen molar-refractivity contribution in [1.29, 1.82) is 0 Å². The van der Waals surface area contributed by atoms with Crippen molar-refractivity contribution in [2.24, 2.45) is 0 Å². The van der Waals surface area contributed by atoms with Crippen LogP contribution in [0.1, 0.15) is 0 Å². The molecule has 0 radical (unpaired) electrons. The second-order valence-corrected chi connectivity index (χ2v) is 3.03. The molecule has 0 heterocycles. The smallest absolute Gasteiger partial charge is 0.731 e. The van der Waals surface area contributed by atoms with E-state index < -0.39 is 10.3 Å². The first-order chi connectivity index (χ1) is 5.08. The molecule has 0 aromatic heterocycles. The van der Waals surface area contributed by atoms with Crippen LogP contribution in [-0.2, 0) is 10.3 Å². The van der Waals surface area contributed by atoms with E-state index in [1.807, 2.05) is 0 Å². The Bertz CT molecular complexity index is 324. The molecule has 0 saturated carbocycles. The van der Waals surface area contributed by atoms with Crippen LogP contribution in [0.15, 0.2) is 30.3 Å². The predicted molar refractivity (Wildman–Crippen MR) is 39.8 cm³/mol. The molecule has 0 aliphatic heterocycles. The maximum absolute atomic E-state index is 10.1. The van der Waals surface area contributed by atoms with Gasteiger partial charge in [-0.05, 0) is 12.1 Å². The van der Waals surface area contributed by atoms with E-state index in [9.17, 15) is 13.0 Å². The molecule has 0 unspecified atom stereocenters. The molecule has 0 aliphatic carbocycles. The summed E-state index contributed by atoms with van der Waals surface area (Å²) in [6, 6.07) is 7.98. The fourth-order valence-corrected chi connectivity index (χ4v) is 1.08. The van der Waals surface area contributed by atoms with Crippen molar-refractivity contribution < 1.29 is 31.8 Å². The van der Waals surface area contributed by atoms with Crippen LogP contribution < -0.4 is 23.6 Å². The summed E-state index contributed by atoms with van der Waals surface area (Å²) in [4.78, 5) is 0. The van der Waals surface area contributed by atoms with E-state index in [2.05, 4.69) is 0 Å². The summed E-state index contributed by atoms with van der Waals surface area (Å²) >= 11 is 0. The van der Waals surface area contributed by atoms with Gasteiger partial charge in [-0.2, -0.15) is 0 Å². The summed E-state index contributed by atoms with van der Waals surface area (Å²) in [5, 5.41) is 0. The molecule has 0 bridgehead atoms.